The number of rotatable bonds is 7. The zero-order valence-corrected chi connectivity index (χ0v) is 14.1. The van der Waals surface area contributed by atoms with Gasteiger partial charge in [0.05, 0.1) is 31.4 Å². The lowest BCUT2D eigenvalue weighted by Crippen LogP contribution is -2.41. The normalized spacial score (nSPS) is 19.5. The van der Waals surface area contributed by atoms with Crippen LogP contribution >= 0.6 is 0 Å². The summed E-state index contributed by atoms with van der Waals surface area (Å²) >= 11 is 0. The molecule has 1 fully saturated rings. The largest absolute Gasteiger partial charge is 0.464 e. The molecule has 1 atom stereocenters. The quantitative estimate of drug-likeness (QED) is 0.447. The van der Waals surface area contributed by atoms with Crippen LogP contribution in [0.4, 0.5) is 4.79 Å². The Morgan fingerprint density at radius 1 is 1.32 bits per heavy atom. The highest BCUT2D eigenvalue weighted by molar-refractivity contribution is 6.07. The first kappa shape index (κ1) is 18.4. The number of imide groups is 1. The van der Waals surface area contributed by atoms with Crippen molar-refractivity contribution in [2.24, 2.45) is 0 Å². The number of nitrogens with zero attached hydrogens (tertiary/aromatic N) is 2. The monoisotopic (exact) mass is 345 g/mol. The third-order valence-electron chi connectivity index (χ3n) is 3.85. The maximum atomic E-state index is 12.7. The Labute approximate surface area is 145 Å². The summed E-state index contributed by atoms with van der Waals surface area (Å²) in [6, 6.07) is 7.92. The van der Waals surface area contributed by atoms with Crippen molar-refractivity contribution in [1.29, 1.82) is 5.26 Å². The smallest absolute Gasteiger partial charge is 0.332 e. The summed E-state index contributed by atoms with van der Waals surface area (Å²) in [7, 11) is 0. The number of amides is 3. The number of nitriles is 1. The van der Waals surface area contributed by atoms with E-state index in [1.54, 1.807) is 38.1 Å². The van der Waals surface area contributed by atoms with Crippen LogP contribution in [-0.2, 0) is 24.6 Å². The van der Waals surface area contributed by atoms with E-state index in [2.05, 4.69) is 5.32 Å². The van der Waals surface area contributed by atoms with E-state index in [1.165, 1.54) is 0 Å². The molecule has 0 spiro atoms. The van der Waals surface area contributed by atoms with Gasteiger partial charge in [-0.3, -0.25) is 9.69 Å². The minimum Gasteiger partial charge on any atom is -0.464 e. The predicted octanol–water partition coefficient (Wildman–Crippen LogP) is 0.905. The van der Waals surface area contributed by atoms with Gasteiger partial charge in [0.2, 0.25) is 0 Å². The van der Waals surface area contributed by atoms with Crippen LogP contribution in [0.1, 0.15) is 25.0 Å². The number of esters is 1. The van der Waals surface area contributed by atoms with Gasteiger partial charge in [0.25, 0.3) is 5.91 Å². The van der Waals surface area contributed by atoms with E-state index in [4.69, 9.17) is 14.7 Å². The van der Waals surface area contributed by atoms with Crippen molar-refractivity contribution in [2.75, 3.05) is 26.4 Å². The number of carbonyl (C=O) groups excluding carboxylic acids is 3. The van der Waals surface area contributed by atoms with Crippen molar-refractivity contribution >= 4 is 17.9 Å². The summed E-state index contributed by atoms with van der Waals surface area (Å²) in [6.07, 6.45) is 0. The average molecular weight is 345 g/mol. The molecule has 0 aromatic heterocycles. The lowest BCUT2D eigenvalue weighted by atomic mass is 9.91. The Balaban J connectivity index is 1.98. The molecule has 0 radical (unpaired) electrons. The van der Waals surface area contributed by atoms with E-state index in [0.717, 1.165) is 4.90 Å². The fourth-order valence-corrected chi connectivity index (χ4v) is 2.49. The highest BCUT2D eigenvalue weighted by Gasteiger charge is 2.48. The summed E-state index contributed by atoms with van der Waals surface area (Å²) in [5.41, 5.74) is -0.153. The topological polar surface area (TPSA) is 109 Å². The highest BCUT2D eigenvalue weighted by atomic mass is 16.6. The van der Waals surface area contributed by atoms with Crippen LogP contribution in [-0.4, -0.2) is 49.2 Å². The van der Waals surface area contributed by atoms with Crippen molar-refractivity contribution in [1.82, 2.24) is 10.2 Å². The van der Waals surface area contributed by atoms with Gasteiger partial charge in [0, 0.05) is 0 Å². The number of nitrogens with one attached hydrogen (secondary N) is 1. The average Bonchev–Trinajstić information content (AvgIpc) is 2.82. The summed E-state index contributed by atoms with van der Waals surface area (Å²) in [6.45, 7) is 3.38. The van der Waals surface area contributed by atoms with Gasteiger partial charge >= 0.3 is 12.0 Å². The molecule has 2 rings (SSSR count). The van der Waals surface area contributed by atoms with Crippen LogP contribution in [0.15, 0.2) is 24.3 Å². The molecule has 1 N–H and O–H groups in total. The Morgan fingerprint density at radius 3 is 2.60 bits per heavy atom. The molecule has 8 heteroatoms. The van der Waals surface area contributed by atoms with Crippen LogP contribution in [0.5, 0.6) is 0 Å². The third-order valence-corrected chi connectivity index (χ3v) is 3.85. The van der Waals surface area contributed by atoms with Crippen LogP contribution in [0, 0.1) is 11.3 Å². The first-order valence-corrected chi connectivity index (χ1v) is 7.80. The Morgan fingerprint density at radius 2 is 2.00 bits per heavy atom. The SMILES string of the molecule is CCOC(=O)COCCN1C(=O)N[C@@](C)(c2ccc(C#N)cc2)C1=O. The summed E-state index contributed by atoms with van der Waals surface area (Å²) in [5, 5.41) is 11.5. The molecule has 1 saturated heterocycles. The molecule has 1 aromatic carbocycles. The number of ether oxygens (including phenoxy) is 2. The van der Waals surface area contributed by atoms with E-state index in [1.807, 2.05) is 6.07 Å². The van der Waals surface area contributed by atoms with E-state index in [9.17, 15) is 14.4 Å². The second kappa shape index (κ2) is 7.77. The Bertz CT molecular complexity index is 710. The van der Waals surface area contributed by atoms with E-state index >= 15 is 0 Å². The first-order chi connectivity index (χ1) is 11.9. The van der Waals surface area contributed by atoms with Crippen molar-refractivity contribution in [3.05, 3.63) is 35.4 Å². The molecule has 0 unspecified atom stereocenters. The number of urea groups is 1. The molecule has 1 heterocycles. The second-order valence-electron chi connectivity index (χ2n) is 5.56. The molecule has 0 aliphatic carbocycles. The molecule has 1 aliphatic heterocycles. The number of benzene rings is 1. The molecular formula is C17H19N3O5. The van der Waals surface area contributed by atoms with Crippen molar-refractivity contribution in [2.45, 2.75) is 19.4 Å². The Kier molecular flexibility index (Phi) is 5.72. The third kappa shape index (κ3) is 3.95. The van der Waals surface area contributed by atoms with Gasteiger partial charge < -0.3 is 14.8 Å². The number of hydrogen-bond donors (Lipinski definition) is 1. The Hall–Kier alpha value is -2.92. The molecule has 3 amide bonds. The predicted molar refractivity (Wildman–Crippen MR) is 86.2 cm³/mol. The van der Waals surface area contributed by atoms with Gasteiger partial charge in [-0.25, -0.2) is 9.59 Å². The lowest BCUT2D eigenvalue weighted by Gasteiger charge is -2.22. The fourth-order valence-electron chi connectivity index (χ4n) is 2.49. The van der Waals surface area contributed by atoms with Gasteiger partial charge in [0.1, 0.15) is 12.1 Å². The molecular weight excluding hydrogens is 326 g/mol. The zero-order valence-electron chi connectivity index (χ0n) is 14.1. The minimum atomic E-state index is -1.20. The first-order valence-electron chi connectivity index (χ1n) is 7.80. The highest BCUT2D eigenvalue weighted by Crippen LogP contribution is 2.28. The van der Waals surface area contributed by atoms with Gasteiger partial charge in [-0.05, 0) is 31.5 Å². The summed E-state index contributed by atoms with van der Waals surface area (Å²) in [4.78, 5) is 37.0. The fraction of sp³-hybridized carbons (Fsp3) is 0.412. The molecule has 25 heavy (non-hydrogen) atoms. The van der Waals surface area contributed by atoms with Gasteiger partial charge in [-0.1, -0.05) is 12.1 Å². The standard InChI is InChI=1S/C17H19N3O5/c1-3-25-14(21)11-24-9-8-20-15(22)17(2,19-16(20)23)13-6-4-12(10-18)5-7-13/h4-7H,3,8-9,11H2,1-2H3,(H,19,23)/t17-/m0/s1. The van der Waals surface area contributed by atoms with E-state index in [-0.39, 0.29) is 26.4 Å². The summed E-state index contributed by atoms with van der Waals surface area (Å²) < 4.78 is 9.85. The molecule has 132 valence electrons. The maximum Gasteiger partial charge on any atom is 0.332 e. The molecule has 8 nitrogen and oxygen atoms in total. The van der Waals surface area contributed by atoms with Gasteiger partial charge in [-0.2, -0.15) is 5.26 Å². The lowest BCUT2D eigenvalue weighted by molar-refractivity contribution is -0.148. The van der Waals surface area contributed by atoms with Crippen molar-refractivity contribution < 1.29 is 23.9 Å². The van der Waals surface area contributed by atoms with Crippen LogP contribution in [0.25, 0.3) is 0 Å². The van der Waals surface area contributed by atoms with Gasteiger partial charge in [-0.15, -0.1) is 0 Å². The van der Waals surface area contributed by atoms with E-state index < -0.39 is 23.4 Å². The van der Waals surface area contributed by atoms with Crippen LogP contribution < -0.4 is 5.32 Å². The van der Waals surface area contributed by atoms with E-state index in [0.29, 0.717) is 11.1 Å². The van der Waals surface area contributed by atoms with Crippen LogP contribution in [0.2, 0.25) is 0 Å². The molecule has 0 saturated carbocycles. The summed E-state index contributed by atoms with van der Waals surface area (Å²) in [5.74, 6) is -0.913. The van der Waals surface area contributed by atoms with Gasteiger partial charge in [0.15, 0.2) is 0 Å². The second-order valence-corrected chi connectivity index (χ2v) is 5.56. The van der Waals surface area contributed by atoms with Crippen LogP contribution in [0.3, 0.4) is 0 Å². The van der Waals surface area contributed by atoms with Crippen molar-refractivity contribution in [3.8, 4) is 6.07 Å². The zero-order chi connectivity index (χ0) is 18.4. The minimum absolute atomic E-state index is 0.0238. The van der Waals surface area contributed by atoms with Crippen molar-refractivity contribution in [3.63, 3.8) is 0 Å². The maximum absolute atomic E-state index is 12.7. The molecule has 1 aromatic rings. The number of carbonyl (C=O) groups is 3. The number of hydrogen-bond acceptors (Lipinski definition) is 6. The molecule has 0 bridgehead atoms. The molecule has 1 aliphatic rings.